The number of aryl methyl sites for hydroxylation is 3. The molecule has 1 N–H and O–H groups in total. The number of carbonyl (C=O) groups excluding carboxylic acids is 2. The molecule has 0 spiro atoms. The zero-order chi connectivity index (χ0) is 29.4. The highest BCUT2D eigenvalue weighted by Crippen LogP contribution is 2.29. The van der Waals surface area contributed by atoms with Crippen LogP contribution in [0.3, 0.4) is 0 Å². The van der Waals surface area contributed by atoms with Crippen molar-refractivity contribution in [1.82, 2.24) is 10.2 Å². The van der Waals surface area contributed by atoms with Gasteiger partial charge in [-0.25, -0.2) is 8.42 Å². The average Bonchev–Trinajstić information content (AvgIpc) is 2.92. The Morgan fingerprint density at radius 3 is 2.17 bits per heavy atom. The first-order valence-electron chi connectivity index (χ1n) is 13.4. The number of anilines is 1. The summed E-state index contributed by atoms with van der Waals surface area (Å²) in [6, 6.07) is 18.2. The van der Waals surface area contributed by atoms with Crippen molar-refractivity contribution in [2.75, 3.05) is 17.4 Å². The Bertz CT molecular complexity index is 1420. The second-order valence-electron chi connectivity index (χ2n) is 10.1. The van der Waals surface area contributed by atoms with E-state index in [2.05, 4.69) is 5.32 Å². The van der Waals surface area contributed by atoms with E-state index < -0.39 is 28.5 Å². The van der Waals surface area contributed by atoms with Crippen molar-refractivity contribution in [2.45, 2.75) is 64.9 Å². The van der Waals surface area contributed by atoms with Crippen LogP contribution in [0.5, 0.6) is 0 Å². The zero-order valence-electron chi connectivity index (χ0n) is 23.8. The lowest BCUT2D eigenvalue weighted by molar-refractivity contribution is -0.139. The Kier molecular flexibility index (Phi) is 10.8. The fraction of sp³-hybridized carbons (Fsp3) is 0.355. The molecule has 0 aliphatic heterocycles. The number of unbranched alkanes of at least 4 members (excludes halogenated alkanes) is 1. The smallest absolute Gasteiger partial charge is 0.264 e. The van der Waals surface area contributed by atoms with Crippen molar-refractivity contribution in [3.8, 4) is 0 Å². The van der Waals surface area contributed by atoms with Crippen LogP contribution in [0.15, 0.2) is 71.6 Å². The Hall–Kier alpha value is -3.36. The first-order valence-corrected chi connectivity index (χ1v) is 15.2. The molecule has 2 amide bonds. The summed E-state index contributed by atoms with van der Waals surface area (Å²) in [5.41, 5.74) is 3.68. The lowest BCUT2D eigenvalue weighted by Gasteiger charge is -2.32. The minimum Gasteiger partial charge on any atom is -0.354 e. The van der Waals surface area contributed by atoms with Gasteiger partial charge in [0.1, 0.15) is 12.6 Å². The van der Waals surface area contributed by atoms with Crippen molar-refractivity contribution in [2.24, 2.45) is 0 Å². The largest absolute Gasteiger partial charge is 0.354 e. The van der Waals surface area contributed by atoms with E-state index in [1.165, 1.54) is 4.90 Å². The number of rotatable bonds is 12. The molecule has 0 aliphatic rings. The van der Waals surface area contributed by atoms with E-state index in [0.717, 1.165) is 33.8 Å². The molecule has 0 saturated carbocycles. The van der Waals surface area contributed by atoms with Gasteiger partial charge in [0.25, 0.3) is 10.0 Å². The predicted molar refractivity (Wildman–Crippen MR) is 161 cm³/mol. The summed E-state index contributed by atoms with van der Waals surface area (Å²) in [5.74, 6) is -0.792. The molecule has 3 rings (SSSR count). The van der Waals surface area contributed by atoms with Crippen LogP contribution >= 0.6 is 11.6 Å². The van der Waals surface area contributed by atoms with Crippen molar-refractivity contribution in [3.05, 3.63) is 94.0 Å². The molecule has 3 aromatic carbocycles. The Morgan fingerprint density at radius 2 is 1.55 bits per heavy atom. The fourth-order valence-corrected chi connectivity index (χ4v) is 5.84. The molecule has 9 heteroatoms. The van der Waals surface area contributed by atoms with Crippen LogP contribution in [0.4, 0.5) is 5.69 Å². The van der Waals surface area contributed by atoms with E-state index in [9.17, 15) is 18.0 Å². The maximum atomic E-state index is 14.0. The standard InChI is InChI=1S/C31H38ClN3O4S/c1-6-7-18-33-31(37)25(5)34(20-26-12-14-27(32)15-13-26)30(36)21-35(29-19-23(3)8-11-24(29)4)40(38,39)28-16-9-22(2)10-17-28/h8-17,19,25H,6-7,18,20-21H2,1-5H3,(H,33,37)/t25-/m1/s1. The Labute approximate surface area is 243 Å². The van der Waals surface area contributed by atoms with Crippen molar-refractivity contribution in [1.29, 1.82) is 0 Å². The van der Waals surface area contributed by atoms with Crippen molar-refractivity contribution < 1.29 is 18.0 Å². The van der Waals surface area contributed by atoms with E-state index in [4.69, 9.17) is 11.6 Å². The molecular formula is C31H38ClN3O4S. The normalized spacial score (nSPS) is 12.1. The first-order chi connectivity index (χ1) is 18.9. The number of carbonyl (C=O) groups is 2. The number of nitrogens with one attached hydrogen (secondary N) is 1. The molecule has 1 atom stereocenters. The number of sulfonamides is 1. The van der Waals surface area contributed by atoms with E-state index in [-0.39, 0.29) is 17.3 Å². The monoisotopic (exact) mass is 583 g/mol. The van der Waals surface area contributed by atoms with Crippen LogP contribution in [-0.4, -0.2) is 44.3 Å². The van der Waals surface area contributed by atoms with E-state index in [1.54, 1.807) is 61.5 Å². The highest BCUT2D eigenvalue weighted by Gasteiger charge is 2.33. The van der Waals surface area contributed by atoms with Crippen molar-refractivity contribution >= 4 is 39.1 Å². The molecule has 0 unspecified atom stereocenters. The van der Waals surface area contributed by atoms with Gasteiger partial charge in [-0.1, -0.05) is 66.9 Å². The first kappa shape index (κ1) is 31.2. The van der Waals surface area contributed by atoms with Crippen LogP contribution < -0.4 is 9.62 Å². The molecule has 0 radical (unpaired) electrons. The highest BCUT2D eigenvalue weighted by molar-refractivity contribution is 7.92. The molecule has 0 bridgehead atoms. The number of benzene rings is 3. The molecule has 7 nitrogen and oxygen atoms in total. The lowest BCUT2D eigenvalue weighted by Crippen LogP contribution is -2.51. The van der Waals surface area contributed by atoms with Gasteiger partial charge in [0, 0.05) is 18.1 Å². The zero-order valence-corrected chi connectivity index (χ0v) is 25.3. The number of nitrogens with zero attached hydrogens (tertiary/aromatic N) is 2. The van der Waals surface area contributed by atoms with Gasteiger partial charge in [-0.05, 0) is 81.1 Å². The quantitative estimate of drug-likeness (QED) is 0.273. The summed E-state index contributed by atoms with van der Waals surface area (Å²) in [7, 11) is -4.11. The third-order valence-electron chi connectivity index (χ3n) is 6.78. The van der Waals surface area contributed by atoms with Gasteiger partial charge in [-0.3, -0.25) is 13.9 Å². The second-order valence-corrected chi connectivity index (χ2v) is 12.4. The van der Waals surface area contributed by atoms with Gasteiger partial charge in [0.15, 0.2) is 0 Å². The van der Waals surface area contributed by atoms with Gasteiger partial charge in [-0.15, -0.1) is 0 Å². The molecule has 0 fully saturated rings. The molecule has 0 aromatic heterocycles. The molecule has 0 aliphatic carbocycles. The second kappa shape index (κ2) is 13.8. The lowest BCUT2D eigenvalue weighted by atomic mass is 10.1. The minimum absolute atomic E-state index is 0.0846. The number of hydrogen-bond donors (Lipinski definition) is 1. The topological polar surface area (TPSA) is 86.8 Å². The van der Waals surface area contributed by atoms with Gasteiger partial charge in [0.2, 0.25) is 11.8 Å². The minimum atomic E-state index is -4.11. The Morgan fingerprint density at radius 1 is 0.925 bits per heavy atom. The molecule has 40 heavy (non-hydrogen) atoms. The SMILES string of the molecule is CCCCNC(=O)[C@@H](C)N(Cc1ccc(Cl)cc1)C(=O)CN(c1cc(C)ccc1C)S(=O)(=O)c1ccc(C)cc1. The van der Waals surface area contributed by atoms with Gasteiger partial charge >= 0.3 is 0 Å². The summed E-state index contributed by atoms with van der Waals surface area (Å²) in [5, 5.41) is 3.44. The summed E-state index contributed by atoms with van der Waals surface area (Å²) in [4.78, 5) is 28.6. The highest BCUT2D eigenvalue weighted by atomic mass is 35.5. The fourth-order valence-electron chi connectivity index (χ4n) is 4.24. The van der Waals surface area contributed by atoms with Gasteiger partial charge in [-0.2, -0.15) is 0 Å². The maximum Gasteiger partial charge on any atom is 0.264 e. The predicted octanol–water partition coefficient (Wildman–Crippen LogP) is 5.79. The van der Waals surface area contributed by atoms with Crippen molar-refractivity contribution in [3.63, 3.8) is 0 Å². The van der Waals surface area contributed by atoms with E-state index in [1.807, 2.05) is 39.8 Å². The molecule has 214 valence electrons. The third-order valence-corrected chi connectivity index (χ3v) is 8.81. The Balaban J connectivity index is 2.04. The van der Waals surface area contributed by atoms with Gasteiger partial charge in [0.05, 0.1) is 10.6 Å². The summed E-state index contributed by atoms with van der Waals surface area (Å²) >= 11 is 6.06. The van der Waals surface area contributed by atoms with Gasteiger partial charge < -0.3 is 10.2 Å². The average molecular weight is 584 g/mol. The van der Waals surface area contributed by atoms with Crippen LogP contribution in [0, 0.1) is 20.8 Å². The number of amides is 2. The molecule has 0 saturated heterocycles. The third kappa shape index (κ3) is 7.86. The number of halogens is 1. The van der Waals surface area contributed by atoms with Crippen LogP contribution in [-0.2, 0) is 26.2 Å². The van der Waals surface area contributed by atoms with Crippen LogP contribution in [0.1, 0.15) is 48.9 Å². The van der Waals surface area contributed by atoms with Crippen LogP contribution in [0.25, 0.3) is 0 Å². The molecule has 0 heterocycles. The van der Waals surface area contributed by atoms with E-state index in [0.29, 0.717) is 22.8 Å². The molecule has 3 aromatic rings. The summed E-state index contributed by atoms with van der Waals surface area (Å²) in [6.45, 7) is 9.39. The van der Waals surface area contributed by atoms with Crippen LogP contribution in [0.2, 0.25) is 5.02 Å². The molecular weight excluding hydrogens is 546 g/mol. The van der Waals surface area contributed by atoms with E-state index >= 15 is 0 Å². The summed E-state index contributed by atoms with van der Waals surface area (Å²) in [6.07, 6.45) is 1.74. The maximum absolute atomic E-state index is 14.0. The number of hydrogen-bond acceptors (Lipinski definition) is 4. The summed E-state index contributed by atoms with van der Waals surface area (Å²) < 4.78 is 29.2.